The largest absolute Gasteiger partial charge is 0.335 e. The summed E-state index contributed by atoms with van der Waals surface area (Å²) in [6.45, 7) is 0. The highest BCUT2D eigenvalue weighted by atomic mass is 79.9. The molecule has 0 bridgehead atoms. The van der Waals surface area contributed by atoms with Gasteiger partial charge in [0, 0.05) is 6.04 Å². The molecular formula is C9H8BrN3OS. The van der Waals surface area contributed by atoms with Crippen LogP contribution in [-0.2, 0) is 0 Å². The van der Waals surface area contributed by atoms with Crippen molar-refractivity contribution >= 4 is 33.3 Å². The number of nitrogens with zero attached hydrogens (tertiary/aromatic N) is 2. The molecule has 0 amide bonds. The Morgan fingerprint density at radius 1 is 1.47 bits per heavy atom. The third-order valence-electron chi connectivity index (χ3n) is 2.12. The average molecular weight is 286 g/mol. The van der Waals surface area contributed by atoms with Crippen LogP contribution in [0.1, 0.15) is 12.8 Å². The predicted octanol–water partition coefficient (Wildman–Crippen LogP) is 3.13. The van der Waals surface area contributed by atoms with Crippen molar-refractivity contribution in [2.24, 2.45) is 0 Å². The molecule has 0 aromatic carbocycles. The molecule has 0 saturated heterocycles. The number of halogens is 1. The Labute approximate surface area is 98.8 Å². The number of hydrogen-bond donors (Lipinski definition) is 1. The summed E-state index contributed by atoms with van der Waals surface area (Å²) in [7, 11) is 0. The highest BCUT2D eigenvalue weighted by Gasteiger charge is 2.23. The minimum atomic E-state index is 0.525. The van der Waals surface area contributed by atoms with E-state index < -0.39 is 0 Å². The van der Waals surface area contributed by atoms with E-state index in [1.165, 1.54) is 12.8 Å². The first-order valence-electron chi connectivity index (χ1n) is 4.67. The van der Waals surface area contributed by atoms with Gasteiger partial charge in [-0.15, -0.1) is 11.3 Å². The smallest absolute Gasteiger partial charge is 0.322 e. The van der Waals surface area contributed by atoms with E-state index in [4.69, 9.17) is 4.52 Å². The van der Waals surface area contributed by atoms with Gasteiger partial charge in [-0.05, 0) is 40.9 Å². The molecule has 1 saturated carbocycles. The van der Waals surface area contributed by atoms with E-state index in [9.17, 15) is 0 Å². The molecule has 6 heteroatoms. The lowest BCUT2D eigenvalue weighted by Crippen LogP contribution is -2.00. The molecule has 15 heavy (non-hydrogen) atoms. The van der Waals surface area contributed by atoms with Gasteiger partial charge in [-0.25, -0.2) is 0 Å². The first kappa shape index (κ1) is 9.35. The fraction of sp³-hybridized carbons (Fsp3) is 0.333. The zero-order chi connectivity index (χ0) is 10.3. The molecule has 0 spiro atoms. The van der Waals surface area contributed by atoms with E-state index in [1.54, 1.807) is 11.3 Å². The summed E-state index contributed by atoms with van der Waals surface area (Å²) in [5.41, 5.74) is 0. The third kappa shape index (κ3) is 2.05. The van der Waals surface area contributed by atoms with Gasteiger partial charge in [-0.3, -0.25) is 0 Å². The molecule has 0 unspecified atom stereocenters. The molecule has 2 heterocycles. The molecule has 1 fully saturated rings. The summed E-state index contributed by atoms with van der Waals surface area (Å²) in [5, 5.41) is 7.09. The molecule has 1 aliphatic carbocycles. The molecule has 0 radical (unpaired) electrons. The summed E-state index contributed by atoms with van der Waals surface area (Å²) in [6.07, 6.45) is 2.39. The number of rotatable bonds is 3. The lowest BCUT2D eigenvalue weighted by Gasteiger charge is -1.92. The van der Waals surface area contributed by atoms with Crippen LogP contribution in [0.15, 0.2) is 20.4 Å². The number of aromatic nitrogens is 2. The molecule has 3 rings (SSSR count). The molecule has 78 valence electrons. The zero-order valence-corrected chi connectivity index (χ0v) is 10.1. The van der Waals surface area contributed by atoms with E-state index in [-0.39, 0.29) is 0 Å². The Morgan fingerprint density at radius 2 is 2.33 bits per heavy atom. The van der Waals surface area contributed by atoms with Gasteiger partial charge in [0.2, 0.25) is 5.82 Å². The van der Waals surface area contributed by atoms with Gasteiger partial charge >= 0.3 is 6.01 Å². The first-order valence-corrected chi connectivity index (χ1v) is 6.28. The van der Waals surface area contributed by atoms with Gasteiger partial charge in [0.15, 0.2) is 0 Å². The second-order valence-corrected chi connectivity index (χ2v) is 5.91. The van der Waals surface area contributed by atoms with E-state index in [0.717, 1.165) is 8.66 Å². The van der Waals surface area contributed by atoms with Crippen molar-refractivity contribution in [2.75, 3.05) is 5.32 Å². The third-order valence-corrected chi connectivity index (χ3v) is 3.74. The minimum absolute atomic E-state index is 0.525. The summed E-state index contributed by atoms with van der Waals surface area (Å²) < 4.78 is 6.17. The Balaban J connectivity index is 1.82. The Hall–Kier alpha value is -0.880. The highest BCUT2D eigenvalue weighted by Crippen LogP contribution is 2.30. The average Bonchev–Trinajstić information content (AvgIpc) is 2.74. The van der Waals surface area contributed by atoms with Crippen LogP contribution in [0.5, 0.6) is 0 Å². The van der Waals surface area contributed by atoms with Crippen LogP contribution >= 0.6 is 27.3 Å². The maximum Gasteiger partial charge on any atom is 0.322 e. The van der Waals surface area contributed by atoms with Gasteiger partial charge in [-0.1, -0.05) is 5.16 Å². The molecule has 0 atom stereocenters. The van der Waals surface area contributed by atoms with E-state index in [1.807, 2.05) is 12.1 Å². The van der Waals surface area contributed by atoms with Gasteiger partial charge in [0.25, 0.3) is 0 Å². The normalized spacial score (nSPS) is 15.5. The fourth-order valence-electron chi connectivity index (χ4n) is 1.22. The van der Waals surface area contributed by atoms with Crippen LogP contribution in [0.2, 0.25) is 0 Å². The highest BCUT2D eigenvalue weighted by molar-refractivity contribution is 9.11. The molecule has 1 N–H and O–H groups in total. The summed E-state index contributed by atoms with van der Waals surface area (Å²) >= 11 is 5.00. The number of nitrogens with one attached hydrogen (secondary N) is 1. The van der Waals surface area contributed by atoms with Crippen LogP contribution in [0.3, 0.4) is 0 Å². The van der Waals surface area contributed by atoms with Crippen molar-refractivity contribution in [2.45, 2.75) is 18.9 Å². The molecule has 2 aromatic heterocycles. The fourth-order valence-corrected chi connectivity index (χ4v) is 2.53. The molecule has 2 aromatic rings. The van der Waals surface area contributed by atoms with Gasteiger partial charge in [-0.2, -0.15) is 4.98 Å². The van der Waals surface area contributed by atoms with E-state index in [2.05, 4.69) is 31.4 Å². The second kappa shape index (κ2) is 3.61. The molecule has 0 aliphatic heterocycles. The van der Waals surface area contributed by atoms with Crippen molar-refractivity contribution in [3.8, 4) is 10.7 Å². The zero-order valence-electron chi connectivity index (χ0n) is 7.74. The van der Waals surface area contributed by atoms with Crippen LogP contribution in [0, 0.1) is 0 Å². The van der Waals surface area contributed by atoms with Crippen LogP contribution in [0.25, 0.3) is 10.7 Å². The monoisotopic (exact) mass is 285 g/mol. The maximum absolute atomic E-state index is 5.10. The Bertz CT molecular complexity index is 477. The van der Waals surface area contributed by atoms with Crippen LogP contribution < -0.4 is 5.32 Å². The first-order chi connectivity index (χ1) is 7.31. The predicted molar refractivity (Wildman–Crippen MR) is 62.0 cm³/mol. The molecule has 1 aliphatic rings. The maximum atomic E-state index is 5.10. The number of thiophene rings is 1. The molecule has 4 nitrogen and oxygen atoms in total. The summed E-state index contributed by atoms with van der Waals surface area (Å²) in [6, 6.07) is 5.01. The van der Waals surface area contributed by atoms with E-state index in [0.29, 0.717) is 17.9 Å². The lowest BCUT2D eigenvalue weighted by atomic mass is 10.4. The quantitative estimate of drug-likeness (QED) is 0.941. The van der Waals surface area contributed by atoms with Crippen LogP contribution in [0.4, 0.5) is 6.01 Å². The van der Waals surface area contributed by atoms with Crippen LogP contribution in [-0.4, -0.2) is 16.2 Å². The van der Waals surface area contributed by atoms with Crippen molar-refractivity contribution in [3.63, 3.8) is 0 Å². The molecular weight excluding hydrogens is 278 g/mol. The Kier molecular flexibility index (Phi) is 2.25. The minimum Gasteiger partial charge on any atom is -0.335 e. The Morgan fingerprint density at radius 3 is 3.00 bits per heavy atom. The second-order valence-electron chi connectivity index (χ2n) is 3.45. The van der Waals surface area contributed by atoms with E-state index >= 15 is 0 Å². The van der Waals surface area contributed by atoms with Gasteiger partial charge in [0.1, 0.15) is 0 Å². The topological polar surface area (TPSA) is 51.0 Å². The summed E-state index contributed by atoms with van der Waals surface area (Å²) in [4.78, 5) is 5.28. The number of anilines is 1. The van der Waals surface area contributed by atoms with Crippen molar-refractivity contribution < 1.29 is 4.52 Å². The lowest BCUT2D eigenvalue weighted by molar-refractivity contribution is 0.432. The van der Waals surface area contributed by atoms with Crippen molar-refractivity contribution in [3.05, 3.63) is 15.9 Å². The van der Waals surface area contributed by atoms with Gasteiger partial charge in [0.05, 0.1) is 8.66 Å². The number of hydrogen-bond acceptors (Lipinski definition) is 5. The standard InChI is InChI=1S/C9H8BrN3OS/c10-7-4-3-6(15-7)8-12-9(14-13-8)11-5-1-2-5/h3-5H,1-2H2,(H,11,12,13). The van der Waals surface area contributed by atoms with Crippen molar-refractivity contribution in [1.29, 1.82) is 0 Å². The SMILES string of the molecule is Brc1ccc(-c2noc(NC3CC3)n2)s1. The van der Waals surface area contributed by atoms with Gasteiger partial charge < -0.3 is 9.84 Å². The summed E-state index contributed by atoms with van der Waals surface area (Å²) in [5.74, 6) is 0.647. The van der Waals surface area contributed by atoms with Crippen molar-refractivity contribution in [1.82, 2.24) is 10.1 Å².